The topological polar surface area (TPSA) is 75.6 Å². The van der Waals surface area contributed by atoms with Crippen molar-refractivity contribution in [2.24, 2.45) is 0 Å². The maximum Gasteiger partial charge on any atom is 0.332 e. The van der Waals surface area contributed by atoms with Crippen LogP contribution in [0.3, 0.4) is 0 Å². The molecule has 0 aliphatic carbocycles. The number of aliphatic carboxylic acids is 1. The minimum Gasteiger partial charge on any atom is -0.479 e. The van der Waals surface area contributed by atoms with E-state index in [4.69, 9.17) is 21.4 Å². The summed E-state index contributed by atoms with van der Waals surface area (Å²) in [5.74, 6) is -1.18. The molecule has 1 aromatic carbocycles. The average molecular weight is 298 g/mol. The van der Waals surface area contributed by atoms with E-state index in [1.807, 2.05) is 0 Å². The summed E-state index contributed by atoms with van der Waals surface area (Å²) in [5.41, 5.74) is 1.24. The van der Waals surface area contributed by atoms with Gasteiger partial charge < -0.3 is 15.2 Å². The smallest absolute Gasteiger partial charge is 0.332 e. The lowest BCUT2D eigenvalue weighted by atomic mass is 10.1. The Balaban J connectivity index is 1.90. The molecule has 0 radical (unpaired) electrons. The van der Waals surface area contributed by atoms with Crippen molar-refractivity contribution >= 4 is 23.5 Å². The molecule has 2 rings (SSSR count). The molecule has 2 N–H and O–H groups in total. The number of carboxylic acid groups (broad SMARTS) is 1. The summed E-state index contributed by atoms with van der Waals surface area (Å²) in [6, 6.07) is 5.15. The fraction of sp³-hybridized carbons (Fsp3) is 0.429. The van der Waals surface area contributed by atoms with E-state index < -0.39 is 12.1 Å². The van der Waals surface area contributed by atoms with E-state index >= 15 is 0 Å². The molecule has 0 aromatic heterocycles. The Morgan fingerprint density at radius 3 is 2.85 bits per heavy atom. The molecule has 1 amide bonds. The molecule has 20 heavy (non-hydrogen) atoms. The van der Waals surface area contributed by atoms with Gasteiger partial charge >= 0.3 is 5.97 Å². The Bertz CT molecular complexity index is 532. The Kier molecular flexibility index (Phi) is 4.62. The van der Waals surface area contributed by atoms with E-state index in [-0.39, 0.29) is 12.0 Å². The first kappa shape index (κ1) is 14.8. The third kappa shape index (κ3) is 3.29. The molecule has 2 unspecified atom stereocenters. The zero-order valence-electron chi connectivity index (χ0n) is 11.1. The minimum absolute atomic E-state index is 0.229. The second-order valence-corrected chi connectivity index (χ2v) is 5.19. The standard InChI is InChI=1S/C14H16ClNO4/c1-8-10(3-2-4-11(8)15)13(17)16-7-9-5-6-12(20-9)14(18)19/h2-4,9,12H,5-7H2,1H3,(H,16,17)(H,18,19). The lowest BCUT2D eigenvalue weighted by Crippen LogP contribution is -2.33. The zero-order chi connectivity index (χ0) is 14.7. The van der Waals surface area contributed by atoms with E-state index in [0.29, 0.717) is 30.0 Å². The molecule has 1 saturated heterocycles. The number of hydrogen-bond donors (Lipinski definition) is 2. The van der Waals surface area contributed by atoms with Crippen molar-refractivity contribution in [3.8, 4) is 0 Å². The molecule has 108 valence electrons. The molecule has 2 atom stereocenters. The summed E-state index contributed by atoms with van der Waals surface area (Å²) >= 11 is 5.97. The van der Waals surface area contributed by atoms with Gasteiger partial charge in [0.1, 0.15) is 0 Å². The van der Waals surface area contributed by atoms with Gasteiger partial charge in [-0.05, 0) is 37.5 Å². The highest BCUT2D eigenvalue weighted by molar-refractivity contribution is 6.31. The number of carboxylic acids is 1. The van der Waals surface area contributed by atoms with Crippen molar-refractivity contribution in [2.45, 2.75) is 32.0 Å². The quantitative estimate of drug-likeness (QED) is 0.891. The predicted octanol–water partition coefficient (Wildman–Crippen LogP) is 2.01. The molecule has 1 aromatic rings. The van der Waals surface area contributed by atoms with Crippen LogP contribution in [0.15, 0.2) is 18.2 Å². The van der Waals surface area contributed by atoms with Gasteiger partial charge in [-0.3, -0.25) is 4.79 Å². The molecular weight excluding hydrogens is 282 g/mol. The Morgan fingerprint density at radius 1 is 1.45 bits per heavy atom. The van der Waals surface area contributed by atoms with Crippen molar-refractivity contribution in [3.05, 3.63) is 34.3 Å². The number of ether oxygens (including phenoxy) is 1. The summed E-state index contributed by atoms with van der Waals surface area (Å²) in [4.78, 5) is 22.8. The molecular formula is C14H16ClNO4. The fourth-order valence-electron chi connectivity index (χ4n) is 2.19. The third-order valence-corrected chi connectivity index (χ3v) is 3.80. The summed E-state index contributed by atoms with van der Waals surface area (Å²) in [5, 5.41) is 12.1. The number of amides is 1. The van der Waals surface area contributed by atoms with Gasteiger partial charge in [-0.15, -0.1) is 0 Å². The van der Waals surface area contributed by atoms with E-state index in [9.17, 15) is 9.59 Å². The molecule has 0 saturated carbocycles. The van der Waals surface area contributed by atoms with Crippen LogP contribution in [0.25, 0.3) is 0 Å². The highest BCUT2D eigenvalue weighted by atomic mass is 35.5. The molecule has 1 heterocycles. The Labute approximate surface area is 121 Å². The van der Waals surface area contributed by atoms with Crippen molar-refractivity contribution < 1.29 is 19.4 Å². The van der Waals surface area contributed by atoms with Gasteiger partial charge in [-0.25, -0.2) is 4.79 Å². The van der Waals surface area contributed by atoms with Gasteiger partial charge in [0.05, 0.1) is 6.10 Å². The predicted molar refractivity (Wildman–Crippen MR) is 74.1 cm³/mol. The molecule has 1 fully saturated rings. The number of rotatable bonds is 4. The zero-order valence-corrected chi connectivity index (χ0v) is 11.8. The van der Waals surface area contributed by atoms with Crippen LogP contribution in [0.2, 0.25) is 5.02 Å². The number of nitrogens with one attached hydrogen (secondary N) is 1. The molecule has 5 nitrogen and oxygen atoms in total. The maximum absolute atomic E-state index is 12.0. The largest absolute Gasteiger partial charge is 0.479 e. The van der Waals surface area contributed by atoms with Crippen molar-refractivity contribution in [1.82, 2.24) is 5.32 Å². The van der Waals surface area contributed by atoms with Crippen LogP contribution >= 0.6 is 11.6 Å². The highest BCUT2D eigenvalue weighted by Gasteiger charge is 2.30. The van der Waals surface area contributed by atoms with E-state index in [1.165, 1.54) is 0 Å². The number of hydrogen-bond acceptors (Lipinski definition) is 3. The number of halogens is 1. The molecule has 1 aliphatic heterocycles. The van der Waals surface area contributed by atoms with Gasteiger partial charge in [0.2, 0.25) is 0 Å². The molecule has 1 aliphatic rings. The van der Waals surface area contributed by atoms with Crippen molar-refractivity contribution in [3.63, 3.8) is 0 Å². The molecule has 0 spiro atoms. The second kappa shape index (κ2) is 6.24. The van der Waals surface area contributed by atoms with Crippen LogP contribution < -0.4 is 5.32 Å². The van der Waals surface area contributed by atoms with E-state index in [2.05, 4.69) is 5.32 Å². The minimum atomic E-state index is -0.954. The van der Waals surface area contributed by atoms with Crippen molar-refractivity contribution in [1.29, 1.82) is 0 Å². The van der Waals surface area contributed by atoms with Crippen LogP contribution in [0, 0.1) is 6.92 Å². The summed E-state index contributed by atoms with van der Waals surface area (Å²) in [7, 11) is 0. The van der Waals surface area contributed by atoms with Crippen LogP contribution in [0.1, 0.15) is 28.8 Å². The van der Waals surface area contributed by atoms with Gasteiger partial charge in [-0.2, -0.15) is 0 Å². The summed E-state index contributed by atoms with van der Waals surface area (Å²) < 4.78 is 5.32. The Morgan fingerprint density at radius 2 is 2.20 bits per heavy atom. The second-order valence-electron chi connectivity index (χ2n) is 4.78. The first-order chi connectivity index (χ1) is 9.49. The first-order valence-corrected chi connectivity index (χ1v) is 6.78. The number of benzene rings is 1. The SMILES string of the molecule is Cc1c(Cl)cccc1C(=O)NCC1CCC(C(=O)O)O1. The van der Waals surface area contributed by atoms with E-state index in [1.54, 1.807) is 25.1 Å². The maximum atomic E-state index is 12.0. The summed E-state index contributed by atoms with van der Waals surface area (Å²) in [6.45, 7) is 2.08. The lowest BCUT2D eigenvalue weighted by Gasteiger charge is -2.13. The van der Waals surface area contributed by atoms with Crippen molar-refractivity contribution in [2.75, 3.05) is 6.54 Å². The van der Waals surface area contributed by atoms with Gasteiger partial charge in [0, 0.05) is 17.1 Å². The Hall–Kier alpha value is -1.59. The van der Waals surface area contributed by atoms with Crippen LogP contribution in [0.4, 0.5) is 0 Å². The van der Waals surface area contributed by atoms with Crippen LogP contribution in [-0.4, -0.2) is 35.7 Å². The van der Waals surface area contributed by atoms with Gasteiger partial charge in [0.15, 0.2) is 6.10 Å². The molecule has 6 heteroatoms. The number of carbonyl (C=O) groups is 2. The average Bonchev–Trinajstić information content (AvgIpc) is 2.88. The molecule has 0 bridgehead atoms. The first-order valence-electron chi connectivity index (χ1n) is 6.40. The van der Waals surface area contributed by atoms with Crippen LogP contribution in [0.5, 0.6) is 0 Å². The van der Waals surface area contributed by atoms with Gasteiger partial charge in [0.25, 0.3) is 5.91 Å². The number of carbonyl (C=O) groups excluding carboxylic acids is 1. The lowest BCUT2D eigenvalue weighted by molar-refractivity contribution is -0.149. The summed E-state index contributed by atoms with van der Waals surface area (Å²) in [6.07, 6.45) is 0.0991. The van der Waals surface area contributed by atoms with E-state index in [0.717, 1.165) is 5.56 Å². The third-order valence-electron chi connectivity index (χ3n) is 3.39. The fourth-order valence-corrected chi connectivity index (χ4v) is 2.37. The monoisotopic (exact) mass is 297 g/mol. The normalized spacial score (nSPS) is 21.7. The highest BCUT2D eigenvalue weighted by Crippen LogP contribution is 2.20. The van der Waals surface area contributed by atoms with Crippen LogP contribution in [-0.2, 0) is 9.53 Å². The van der Waals surface area contributed by atoms with Gasteiger partial charge in [-0.1, -0.05) is 17.7 Å².